The number of fused-ring (bicyclic) bond motifs is 1. The summed E-state index contributed by atoms with van der Waals surface area (Å²) in [5, 5.41) is 2.43. The minimum atomic E-state index is -4.53. The van der Waals surface area contributed by atoms with Crippen LogP contribution in [0.1, 0.15) is 5.56 Å². The molecule has 25 heavy (non-hydrogen) atoms. The van der Waals surface area contributed by atoms with Crippen LogP contribution >= 0.6 is 11.3 Å². The lowest BCUT2D eigenvalue weighted by atomic mass is 10.2. The number of hydrogen-bond donors (Lipinski definition) is 1. The van der Waals surface area contributed by atoms with Gasteiger partial charge in [0, 0.05) is 0 Å². The van der Waals surface area contributed by atoms with E-state index in [-0.39, 0.29) is 17.3 Å². The quantitative estimate of drug-likeness (QED) is 0.690. The zero-order valence-corrected chi connectivity index (χ0v) is 13.2. The van der Waals surface area contributed by atoms with Crippen LogP contribution in [0.25, 0.3) is 10.2 Å². The van der Waals surface area contributed by atoms with Gasteiger partial charge in [-0.1, -0.05) is 17.4 Å². The summed E-state index contributed by atoms with van der Waals surface area (Å²) < 4.78 is 57.1. The number of carbonyl (C=O) groups is 1. The van der Waals surface area contributed by atoms with Gasteiger partial charge in [-0.25, -0.2) is 9.37 Å². The van der Waals surface area contributed by atoms with Gasteiger partial charge in [0.05, 0.1) is 15.8 Å². The highest BCUT2D eigenvalue weighted by molar-refractivity contribution is 7.22. The number of anilines is 1. The average Bonchev–Trinajstić information content (AvgIpc) is 2.95. The van der Waals surface area contributed by atoms with Gasteiger partial charge in [-0.3, -0.25) is 10.1 Å². The lowest BCUT2D eigenvalue weighted by Crippen LogP contribution is -2.20. The lowest BCUT2D eigenvalue weighted by molar-refractivity contribution is -0.136. The van der Waals surface area contributed by atoms with Crippen molar-refractivity contribution in [2.45, 2.75) is 6.18 Å². The largest absolute Gasteiger partial charge is 0.484 e. The van der Waals surface area contributed by atoms with E-state index >= 15 is 0 Å². The fourth-order valence-corrected chi connectivity index (χ4v) is 2.97. The Kier molecular flexibility index (Phi) is 4.58. The molecule has 1 N–H and O–H groups in total. The van der Waals surface area contributed by atoms with Crippen molar-refractivity contribution in [1.82, 2.24) is 4.98 Å². The first-order valence-electron chi connectivity index (χ1n) is 6.98. The summed E-state index contributed by atoms with van der Waals surface area (Å²) in [6.45, 7) is -0.381. The first-order valence-corrected chi connectivity index (χ1v) is 7.79. The average molecular weight is 370 g/mol. The second-order valence-corrected chi connectivity index (χ2v) is 5.99. The number of halogens is 4. The molecule has 1 aromatic heterocycles. The molecule has 130 valence electrons. The Labute approximate surface area is 143 Å². The van der Waals surface area contributed by atoms with Crippen LogP contribution in [0.15, 0.2) is 42.5 Å². The number of alkyl halides is 3. The molecule has 0 bridgehead atoms. The highest BCUT2D eigenvalue weighted by atomic mass is 32.1. The zero-order valence-electron chi connectivity index (χ0n) is 12.4. The number of aromatic nitrogens is 1. The summed E-state index contributed by atoms with van der Waals surface area (Å²) in [4.78, 5) is 15.7. The van der Waals surface area contributed by atoms with Crippen LogP contribution in [-0.2, 0) is 11.0 Å². The SMILES string of the molecule is O=C(COc1ccc(F)cc1)Nc1nc2c(C(F)(F)F)cccc2s1. The molecule has 2 aromatic carbocycles. The summed E-state index contributed by atoms with van der Waals surface area (Å²) in [5.41, 5.74) is -1.07. The molecule has 0 aliphatic rings. The van der Waals surface area contributed by atoms with Crippen molar-refractivity contribution in [2.24, 2.45) is 0 Å². The Morgan fingerprint density at radius 3 is 2.56 bits per heavy atom. The van der Waals surface area contributed by atoms with E-state index < -0.39 is 23.5 Å². The van der Waals surface area contributed by atoms with E-state index in [4.69, 9.17) is 4.74 Å². The van der Waals surface area contributed by atoms with E-state index in [9.17, 15) is 22.4 Å². The molecule has 9 heteroatoms. The molecule has 3 rings (SSSR count). The predicted molar refractivity (Wildman–Crippen MR) is 85.1 cm³/mol. The first kappa shape index (κ1) is 17.2. The number of amides is 1. The van der Waals surface area contributed by atoms with Gasteiger partial charge in [-0.05, 0) is 36.4 Å². The van der Waals surface area contributed by atoms with Crippen molar-refractivity contribution >= 4 is 32.6 Å². The van der Waals surface area contributed by atoms with E-state index in [1.165, 1.54) is 36.4 Å². The molecule has 0 spiro atoms. The topological polar surface area (TPSA) is 51.2 Å². The molecule has 4 nitrogen and oxygen atoms in total. The van der Waals surface area contributed by atoms with Crippen molar-refractivity contribution in [3.05, 3.63) is 53.8 Å². The molecule has 1 heterocycles. The van der Waals surface area contributed by atoms with Gasteiger partial charge in [0.15, 0.2) is 11.7 Å². The molecule has 0 radical (unpaired) electrons. The Morgan fingerprint density at radius 1 is 1.16 bits per heavy atom. The van der Waals surface area contributed by atoms with Crippen molar-refractivity contribution in [1.29, 1.82) is 0 Å². The van der Waals surface area contributed by atoms with Crippen LogP contribution in [0.4, 0.5) is 22.7 Å². The number of rotatable bonds is 4. The summed E-state index contributed by atoms with van der Waals surface area (Å²) in [6, 6.07) is 8.79. The Bertz CT molecular complexity index is 907. The molecular formula is C16H10F4N2O2S. The van der Waals surface area contributed by atoms with Crippen LogP contribution in [0.2, 0.25) is 0 Å². The van der Waals surface area contributed by atoms with Gasteiger partial charge in [-0.15, -0.1) is 0 Å². The van der Waals surface area contributed by atoms with Crippen molar-refractivity contribution < 1.29 is 27.1 Å². The van der Waals surface area contributed by atoms with E-state index in [0.29, 0.717) is 10.4 Å². The molecule has 0 aliphatic heterocycles. The predicted octanol–water partition coefficient (Wildman–Crippen LogP) is 4.47. The van der Waals surface area contributed by atoms with Gasteiger partial charge < -0.3 is 4.74 Å². The molecule has 0 saturated heterocycles. The normalized spacial score (nSPS) is 11.5. The second-order valence-electron chi connectivity index (χ2n) is 4.96. The van der Waals surface area contributed by atoms with E-state index in [0.717, 1.165) is 17.4 Å². The van der Waals surface area contributed by atoms with Crippen molar-refractivity contribution in [3.63, 3.8) is 0 Å². The number of ether oxygens (including phenoxy) is 1. The van der Waals surface area contributed by atoms with Crippen LogP contribution in [-0.4, -0.2) is 17.5 Å². The smallest absolute Gasteiger partial charge is 0.418 e. The minimum absolute atomic E-state index is 0.0411. The third-order valence-electron chi connectivity index (χ3n) is 3.15. The fraction of sp³-hybridized carbons (Fsp3) is 0.125. The second kappa shape index (κ2) is 6.67. The number of hydrogen-bond acceptors (Lipinski definition) is 4. The number of nitrogens with zero attached hydrogens (tertiary/aromatic N) is 1. The molecule has 0 atom stereocenters. The molecular weight excluding hydrogens is 360 g/mol. The van der Waals surface area contributed by atoms with E-state index in [1.54, 1.807) is 0 Å². The minimum Gasteiger partial charge on any atom is -0.484 e. The highest BCUT2D eigenvalue weighted by Crippen LogP contribution is 2.37. The first-order chi connectivity index (χ1) is 11.8. The molecule has 3 aromatic rings. The van der Waals surface area contributed by atoms with Gasteiger partial charge in [0.1, 0.15) is 11.6 Å². The third-order valence-corrected chi connectivity index (χ3v) is 4.09. The summed E-state index contributed by atoms with van der Waals surface area (Å²) in [5.74, 6) is -0.733. The molecule has 0 fully saturated rings. The Hall–Kier alpha value is -2.68. The number of carbonyl (C=O) groups excluding carboxylic acids is 1. The third kappa shape index (κ3) is 4.05. The number of para-hydroxylation sites is 1. The number of benzene rings is 2. The molecule has 0 unspecified atom stereocenters. The van der Waals surface area contributed by atoms with Crippen LogP contribution in [0, 0.1) is 5.82 Å². The maximum absolute atomic E-state index is 13.0. The highest BCUT2D eigenvalue weighted by Gasteiger charge is 2.33. The standard InChI is InChI=1S/C16H10F4N2O2S/c17-9-4-6-10(7-5-9)24-8-13(23)21-15-22-14-11(16(18,19)20)2-1-3-12(14)25-15/h1-7H,8H2,(H,21,22,23). The van der Waals surface area contributed by atoms with Gasteiger partial charge in [0.25, 0.3) is 5.91 Å². The van der Waals surface area contributed by atoms with Crippen LogP contribution in [0.3, 0.4) is 0 Å². The maximum Gasteiger partial charge on any atom is 0.418 e. The van der Waals surface area contributed by atoms with E-state index in [1.807, 2.05) is 0 Å². The van der Waals surface area contributed by atoms with Crippen molar-refractivity contribution in [3.8, 4) is 5.75 Å². The van der Waals surface area contributed by atoms with Crippen LogP contribution < -0.4 is 10.1 Å². The summed E-state index contributed by atoms with van der Waals surface area (Å²) in [6.07, 6.45) is -4.53. The Balaban J connectivity index is 1.70. The zero-order chi connectivity index (χ0) is 18.0. The van der Waals surface area contributed by atoms with Crippen LogP contribution in [0.5, 0.6) is 5.75 Å². The molecule has 0 saturated carbocycles. The maximum atomic E-state index is 13.0. The fourth-order valence-electron chi connectivity index (χ4n) is 2.07. The Morgan fingerprint density at radius 2 is 1.88 bits per heavy atom. The van der Waals surface area contributed by atoms with Gasteiger partial charge >= 0.3 is 6.18 Å². The lowest BCUT2D eigenvalue weighted by Gasteiger charge is -2.06. The summed E-state index contributed by atoms with van der Waals surface area (Å²) >= 11 is 0.931. The molecule has 0 aliphatic carbocycles. The van der Waals surface area contributed by atoms with Gasteiger partial charge in [0.2, 0.25) is 0 Å². The van der Waals surface area contributed by atoms with Crippen molar-refractivity contribution in [2.75, 3.05) is 11.9 Å². The summed E-state index contributed by atoms with van der Waals surface area (Å²) in [7, 11) is 0. The monoisotopic (exact) mass is 370 g/mol. The number of thiazole rings is 1. The van der Waals surface area contributed by atoms with Gasteiger partial charge in [-0.2, -0.15) is 13.2 Å². The molecule has 1 amide bonds. The van der Waals surface area contributed by atoms with E-state index in [2.05, 4.69) is 10.3 Å². The number of nitrogens with one attached hydrogen (secondary N) is 1.